The highest BCUT2D eigenvalue weighted by molar-refractivity contribution is 5.96. The van der Waals surface area contributed by atoms with Gasteiger partial charge in [-0.2, -0.15) is 0 Å². The van der Waals surface area contributed by atoms with Crippen molar-refractivity contribution in [1.29, 1.82) is 0 Å². The number of rotatable bonds is 21. The lowest BCUT2D eigenvalue weighted by atomic mass is 10.0. The molecule has 0 radical (unpaired) electrons. The number of aliphatic hydroxyl groups is 1. The Hall–Kier alpha value is -5.61. The average Bonchev–Trinajstić information content (AvgIpc) is 3.85. The Morgan fingerprint density at radius 3 is 2.11 bits per heavy atom. The van der Waals surface area contributed by atoms with Crippen molar-refractivity contribution in [1.82, 2.24) is 36.9 Å². The van der Waals surface area contributed by atoms with E-state index in [4.69, 9.17) is 5.73 Å². The van der Waals surface area contributed by atoms with Crippen LogP contribution in [0.25, 0.3) is 10.9 Å². The lowest BCUT2D eigenvalue weighted by Crippen LogP contribution is -2.60. The quantitative estimate of drug-likeness (QED) is 0.0642. The van der Waals surface area contributed by atoms with Gasteiger partial charge in [-0.15, -0.1) is 0 Å². The number of nitrogens with one attached hydrogen (secondary N) is 7. The fourth-order valence-electron chi connectivity index (χ4n) is 6.46. The number of hydrogen-bond donors (Lipinski definition) is 9. The molecule has 3 aromatic rings. The second-order valence-corrected chi connectivity index (χ2v) is 14.2. The van der Waals surface area contributed by atoms with E-state index in [1.807, 2.05) is 38.1 Å². The van der Waals surface area contributed by atoms with E-state index >= 15 is 0 Å². The Labute approximate surface area is 319 Å². The van der Waals surface area contributed by atoms with Crippen LogP contribution >= 0.6 is 0 Å². The third kappa shape index (κ3) is 12.7. The van der Waals surface area contributed by atoms with Gasteiger partial charge in [0.25, 0.3) is 0 Å². The summed E-state index contributed by atoms with van der Waals surface area (Å²) in [5, 5.41) is 27.3. The zero-order chi connectivity index (χ0) is 39.9. The summed E-state index contributed by atoms with van der Waals surface area (Å²) < 4.78 is 0. The Bertz CT molecular complexity index is 1790. The summed E-state index contributed by atoms with van der Waals surface area (Å²) in [4.78, 5) is 94.2. The van der Waals surface area contributed by atoms with E-state index in [1.54, 1.807) is 36.5 Å². The van der Waals surface area contributed by atoms with Gasteiger partial charge in [0.05, 0.1) is 18.7 Å². The van der Waals surface area contributed by atoms with E-state index in [0.717, 1.165) is 22.9 Å². The van der Waals surface area contributed by atoms with Crippen molar-refractivity contribution >= 4 is 52.6 Å². The first-order valence-electron chi connectivity index (χ1n) is 18.6. The SMILES string of the molecule is CC(C)C[C@H](NC(=O)[C@H](CO)NC(=O)[C@H](Cc1ccccc1)NC(=O)[C@H](CCC(N)=O)NC(=O)[C@@H]1CCCN1)C(=O)N[C@H](C=O)Cc1c[nH]c2ccccc12. The predicted molar refractivity (Wildman–Crippen MR) is 204 cm³/mol. The summed E-state index contributed by atoms with van der Waals surface area (Å²) in [5.41, 5.74) is 7.70. The summed E-state index contributed by atoms with van der Waals surface area (Å²) in [6, 6.07) is 9.74. The van der Waals surface area contributed by atoms with Gasteiger partial charge < -0.3 is 52.5 Å². The van der Waals surface area contributed by atoms with Crippen molar-refractivity contribution in [2.75, 3.05) is 13.2 Å². The first kappa shape index (κ1) is 42.1. The molecule has 2 heterocycles. The average molecular weight is 761 g/mol. The molecule has 55 heavy (non-hydrogen) atoms. The maximum absolute atomic E-state index is 13.8. The predicted octanol–water partition coefficient (Wildman–Crippen LogP) is -0.368. The van der Waals surface area contributed by atoms with E-state index in [9.17, 15) is 38.7 Å². The molecular formula is C39H52N8O8. The van der Waals surface area contributed by atoms with Crippen LogP contribution in [0.3, 0.4) is 0 Å². The lowest BCUT2D eigenvalue weighted by molar-refractivity contribution is -0.135. The van der Waals surface area contributed by atoms with Crippen LogP contribution in [0.5, 0.6) is 0 Å². The van der Waals surface area contributed by atoms with Crippen LogP contribution < -0.4 is 37.6 Å². The molecule has 1 aliphatic rings. The number of aldehydes is 1. The Kier molecular flexibility index (Phi) is 15.9. The third-order valence-corrected chi connectivity index (χ3v) is 9.37. The van der Waals surface area contributed by atoms with E-state index < -0.39 is 78.3 Å². The van der Waals surface area contributed by atoms with Crippen LogP contribution in [-0.4, -0.2) is 101 Å². The zero-order valence-corrected chi connectivity index (χ0v) is 31.1. The van der Waals surface area contributed by atoms with E-state index in [2.05, 4.69) is 36.9 Å². The van der Waals surface area contributed by atoms with Gasteiger partial charge >= 0.3 is 0 Å². The van der Waals surface area contributed by atoms with Gasteiger partial charge in [-0.3, -0.25) is 28.8 Å². The molecule has 0 unspecified atom stereocenters. The summed E-state index contributed by atoms with van der Waals surface area (Å²) >= 11 is 0. The molecule has 0 bridgehead atoms. The van der Waals surface area contributed by atoms with Crippen molar-refractivity contribution in [2.45, 2.75) is 95.0 Å². The molecule has 0 saturated carbocycles. The Balaban J connectivity index is 1.46. The third-order valence-electron chi connectivity index (χ3n) is 9.37. The van der Waals surface area contributed by atoms with Crippen molar-refractivity contribution in [3.63, 3.8) is 0 Å². The molecule has 6 atom stereocenters. The molecule has 1 saturated heterocycles. The number of primary amides is 1. The minimum Gasteiger partial charge on any atom is -0.394 e. The summed E-state index contributed by atoms with van der Waals surface area (Å²) in [6.07, 6.45) is 3.79. The van der Waals surface area contributed by atoms with E-state index in [1.165, 1.54) is 0 Å². The summed E-state index contributed by atoms with van der Waals surface area (Å²) in [7, 11) is 0. The number of aromatic amines is 1. The van der Waals surface area contributed by atoms with Gasteiger partial charge in [-0.05, 0) is 55.3 Å². The summed E-state index contributed by atoms with van der Waals surface area (Å²) in [6.45, 7) is 3.49. The molecule has 0 spiro atoms. The van der Waals surface area contributed by atoms with E-state index in [0.29, 0.717) is 24.8 Å². The number of carbonyl (C=O) groups is 7. The number of aromatic nitrogens is 1. The summed E-state index contributed by atoms with van der Waals surface area (Å²) in [5.74, 6) is -4.24. The van der Waals surface area contributed by atoms with Crippen molar-refractivity contribution in [2.24, 2.45) is 11.7 Å². The molecule has 16 heteroatoms. The lowest BCUT2D eigenvalue weighted by Gasteiger charge is -2.27. The molecule has 2 aromatic carbocycles. The molecule has 1 aliphatic heterocycles. The van der Waals surface area contributed by atoms with Gasteiger partial charge in [0, 0.05) is 36.4 Å². The van der Waals surface area contributed by atoms with Gasteiger partial charge in [-0.1, -0.05) is 62.4 Å². The number of amides is 6. The van der Waals surface area contributed by atoms with Crippen molar-refractivity contribution in [3.8, 4) is 0 Å². The molecule has 4 rings (SSSR count). The first-order chi connectivity index (χ1) is 26.4. The number of benzene rings is 2. The number of carbonyl (C=O) groups excluding carboxylic acids is 7. The van der Waals surface area contributed by atoms with Crippen LogP contribution in [-0.2, 0) is 46.4 Å². The maximum Gasteiger partial charge on any atom is 0.245 e. The fourth-order valence-corrected chi connectivity index (χ4v) is 6.46. The van der Waals surface area contributed by atoms with Gasteiger partial charge in [0.15, 0.2) is 0 Å². The molecule has 6 amide bonds. The van der Waals surface area contributed by atoms with Gasteiger partial charge in [0.1, 0.15) is 30.5 Å². The zero-order valence-electron chi connectivity index (χ0n) is 31.1. The van der Waals surface area contributed by atoms with Crippen LogP contribution in [0.1, 0.15) is 57.1 Å². The number of fused-ring (bicyclic) bond motifs is 1. The minimum absolute atomic E-state index is 0.0270. The molecule has 10 N–H and O–H groups in total. The number of hydrogen-bond acceptors (Lipinski definition) is 9. The Morgan fingerprint density at radius 2 is 1.45 bits per heavy atom. The fraction of sp³-hybridized carbons (Fsp3) is 0.462. The highest BCUT2D eigenvalue weighted by Crippen LogP contribution is 2.19. The van der Waals surface area contributed by atoms with Gasteiger partial charge in [-0.25, -0.2) is 0 Å². The topological polar surface area (TPSA) is 254 Å². The van der Waals surface area contributed by atoms with Gasteiger partial charge in [0.2, 0.25) is 35.4 Å². The first-order valence-corrected chi connectivity index (χ1v) is 18.6. The minimum atomic E-state index is -1.53. The number of aliphatic hydroxyl groups excluding tert-OH is 1. The van der Waals surface area contributed by atoms with Crippen molar-refractivity contribution in [3.05, 3.63) is 71.9 Å². The largest absolute Gasteiger partial charge is 0.394 e. The Morgan fingerprint density at radius 1 is 0.818 bits per heavy atom. The second-order valence-electron chi connectivity index (χ2n) is 14.2. The number of para-hydroxylation sites is 1. The van der Waals surface area contributed by atoms with Crippen LogP contribution in [0.2, 0.25) is 0 Å². The van der Waals surface area contributed by atoms with Crippen LogP contribution in [0.4, 0.5) is 0 Å². The molecule has 1 fully saturated rings. The maximum atomic E-state index is 13.8. The molecule has 296 valence electrons. The van der Waals surface area contributed by atoms with Crippen LogP contribution in [0.15, 0.2) is 60.8 Å². The molecule has 1 aromatic heterocycles. The highest BCUT2D eigenvalue weighted by Gasteiger charge is 2.33. The smallest absolute Gasteiger partial charge is 0.245 e. The molecular weight excluding hydrogens is 708 g/mol. The number of nitrogens with two attached hydrogens (primary N) is 1. The van der Waals surface area contributed by atoms with Crippen LogP contribution in [0, 0.1) is 5.92 Å². The molecule has 16 nitrogen and oxygen atoms in total. The van der Waals surface area contributed by atoms with Crippen molar-refractivity contribution < 1.29 is 38.7 Å². The number of H-pyrrole nitrogens is 1. The van der Waals surface area contributed by atoms with E-state index in [-0.39, 0.29) is 38.0 Å². The normalized spacial score (nSPS) is 16.6. The monoisotopic (exact) mass is 760 g/mol. The standard InChI is InChI=1S/C39H52N8O8/c1-23(2)17-31(37(53)43-26(21-48)19-25-20-42-28-12-7-6-11-27(25)28)45-39(55)33(22-49)47-38(54)32(18-24-9-4-3-5-10-24)46-36(52)30(14-15-34(40)50)44-35(51)29-13-8-16-41-29/h3-7,9-12,20-21,23,26,29-33,41-42,49H,8,13-19,22H2,1-2H3,(H2,40,50)(H,43,53)(H,44,51)(H,45,55)(H,46,52)(H,47,54)/t26-,29-,30-,31-,32-,33-/m0/s1. The molecule has 0 aliphatic carbocycles. The second kappa shape index (κ2) is 20.7. The highest BCUT2D eigenvalue weighted by atomic mass is 16.3.